The molecule has 2 aliphatic rings. The van der Waals surface area contributed by atoms with Gasteiger partial charge in [-0.3, -0.25) is 9.69 Å². The lowest BCUT2D eigenvalue weighted by molar-refractivity contribution is -0.121. The molecule has 7 nitrogen and oxygen atoms in total. The number of nitrogens with one attached hydrogen (secondary N) is 2. The molecule has 0 atom stereocenters. The molecule has 1 aromatic carbocycles. The Labute approximate surface area is 212 Å². The highest BCUT2D eigenvalue weighted by atomic mass is 16.5. The van der Waals surface area contributed by atoms with E-state index in [9.17, 15) is 9.59 Å². The van der Waals surface area contributed by atoms with Crippen LogP contribution in [-0.2, 0) is 15.1 Å². The van der Waals surface area contributed by atoms with Crippen LogP contribution >= 0.6 is 0 Å². The Morgan fingerprint density at radius 3 is 2.17 bits per heavy atom. The Morgan fingerprint density at radius 2 is 1.66 bits per heavy atom. The molecule has 2 aliphatic carbocycles. The minimum Gasteiger partial charge on any atom is -0.376 e. The Hall–Kier alpha value is -2.12. The number of benzene rings is 1. The van der Waals surface area contributed by atoms with Crippen LogP contribution in [0.1, 0.15) is 70.8 Å². The first kappa shape index (κ1) is 27.5. The number of methoxy groups -OCH3 is 1. The lowest BCUT2D eigenvalue weighted by Gasteiger charge is -2.50. The summed E-state index contributed by atoms with van der Waals surface area (Å²) < 4.78 is 5.69. The molecule has 0 aliphatic heterocycles. The van der Waals surface area contributed by atoms with Crippen LogP contribution in [0, 0.1) is 5.41 Å². The maximum absolute atomic E-state index is 13.3. The minimum atomic E-state index is -0.226. The van der Waals surface area contributed by atoms with E-state index >= 15 is 0 Å². The van der Waals surface area contributed by atoms with Gasteiger partial charge in [-0.05, 0) is 76.9 Å². The molecule has 35 heavy (non-hydrogen) atoms. The SMILES string of the molecule is CCNC(=O)CCN(CC1(C)CCC(c2ccccc2)(N(C)C)CC1)C(=O)NCC1(OC)CCC1. The zero-order chi connectivity index (χ0) is 25.5. The van der Waals surface area contributed by atoms with E-state index in [1.54, 1.807) is 7.11 Å². The summed E-state index contributed by atoms with van der Waals surface area (Å²) in [6.07, 6.45) is 7.54. The predicted molar refractivity (Wildman–Crippen MR) is 140 cm³/mol. The Kier molecular flexibility index (Phi) is 9.22. The highest BCUT2D eigenvalue weighted by Crippen LogP contribution is 2.48. The average Bonchev–Trinajstić information content (AvgIpc) is 2.82. The van der Waals surface area contributed by atoms with Gasteiger partial charge >= 0.3 is 6.03 Å². The van der Waals surface area contributed by atoms with Crippen LogP contribution in [0.15, 0.2) is 30.3 Å². The monoisotopic (exact) mass is 486 g/mol. The second-order valence-corrected chi connectivity index (χ2v) is 11.1. The molecule has 0 unspecified atom stereocenters. The summed E-state index contributed by atoms with van der Waals surface area (Å²) in [6, 6.07) is 10.7. The summed E-state index contributed by atoms with van der Waals surface area (Å²) >= 11 is 0. The minimum absolute atomic E-state index is 0.00226. The highest BCUT2D eigenvalue weighted by Gasteiger charge is 2.44. The van der Waals surface area contributed by atoms with Crippen molar-refractivity contribution in [2.45, 2.75) is 76.4 Å². The summed E-state index contributed by atoms with van der Waals surface area (Å²) in [5.74, 6) is -0.0119. The molecule has 2 saturated carbocycles. The van der Waals surface area contributed by atoms with Gasteiger partial charge in [-0.1, -0.05) is 37.3 Å². The Balaban J connectivity index is 1.68. The van der Waals surface area contributed by atoms with E-state index in [-0.39, 0.29) is 28.5 Å². The lowest BCUT2D eigenvalue weighted by atomic mass is 9.65. The van der Waals surface area contributed by atoms with Gasteiger partial charge in [0.15, 0.2) is 0 Å². The molecule has 2 fully saturated rings. The summed E-state index contributed by atoms with van der Waals surface area (Å²) in [7, 11) is 6.08. The number of ether oxygens (including phenoxy) is 1. The molecule has 0 heterocycles. The van der Waals surface area contributed by atoms with Gasteiger partial charge in [-0.2, -0.15) is 0 Å². The summed E-state index contributed by atoms with van der Waals surface area (Å²) in [5, 5.41) is 5.98. The number of amides is 3. The summed E-state index contributed by atoms with van der Waals surface area (Å²) in [6.45, 7) is 6.41. The van der Waals surface area contributed by atoms with Gasteiger partial charge < -0.3 is 20.3 Å². The van der Waals surface area contributed by atoms with Gasteiger partial charge in [0.25, 0.3) is 0 Å². The molecular weight excluding hydrogens is 440 g/mol. The standard InChI is InChI=1S/C28H46N4O3/c1-6-29-24(33)13-20-32(25(34)30-21-27(35-5)14-10-15-27)22-26(2)16-18-28(19-17-26,31(3)4)23-11-8-7-9-12-23/h7-9,11-12H,6,10,13-22H2,1-5H3,(H,29,33)(H,30,34). The quantitative estimate of drug-likeness (QED) is 0.493. The molecule has 0 saturated heterocycles. The van der Waals surface area contributed by atoms with E-state index in [1.165, 1.54) is 5.56 Å². The van der Waals surface area contributed by atoms with Crippen molar-refractivity contribution in [2.24, 2.45) is 5.41 Å². The third-order valence-corrected chi connectivity index (χ3v) is 8.55. The molecule has 0 spiro atoms. The van der Waals surface area contributed by atoms with E-state index in [0.29, 0.717) is 32.6 Å². The fourth-order valence-electron chi connectivity index (χ4n) is 5.78. The van der Waals surface area contributed by atoms with Crippen LogP contribution in [0.2, 0.25) is 0 Å². The van der Waals surface area contributed by atoms with E-state index < -0.39 is 0 Å². The topological polar surface area (TPSA) is 73.9 Å². The van der Waals surface area contributed by atoms with E-state index in [4.69, 9.17) is 4.74 Å². The van der Waals surface area contributed by atoms with Crippen molar-refractivity contribution >= 4 is 11.9 Å². The normalized spacial score (nSPS) is 25.5. The van der Waals surface area contributed by atoms with Crippen molar-refractivity contribution in [3.05, 3.63) is 35.9 Å². The first-order valence-electron chi connectivity index (χ1n) is 13.3. The second-order valence-electron chi connectivity index (χ2n) is 11.1. The van der Waals surface area contributed by atoms with E-state index in [1.807, 2.05) is 11.8 Å². The molecule has 0 bridgehead atoms. The average molecular weight is 487 g/mol. The first-order chi connectivity index (χ1) is 16.7. The summed E-state index contributed by atoms with van der Waals surface area (Å²) in [4.78, 5) is 29.7. The van der Waals surface area contributed by atoms with Crippen LogP contribution in [-0.4, -0.2) is 74.7 Å². The first-order valence-corrected chi connectivity index (χ1v) is 13.3. The van der Waals surface area contributed by atoms with E-state index in [2.05, 4.69) is 66.9 Å². The second kappa shape index (κ2) is 11.7. The highest BCUT2D eigenvalue weighted by molar-refractivity contribution is 5.78. The summed E-state index contributed by atoms with van der Waals surface area (Å²) in [5.41, 5.74) is 1.16. The number of carbonyl (C=O) groups excluding carboxylic acids is 2. The van der Waals surface area contributed by atoms with Crippen LogP contribution in [0.3, 0.4) is 0 Å². The Bertz CT molecular complexity index is 824. The predicted octanol–water partition coefficient (Wildman–Crippen LogP) is 4.13. The molecule has 0 radical (unpaired) electrons. The van der Waals surface area contributed by atoms with Crippen LogP contribution in [0.4, 0.5) is 4.79 Å². The van der Waals surface area contributed by atoms with Crippen molar-refractivity contribution in [2.75, 3.05) is 47.4 Å². The smallest absolute Gasteiger partial charge is 0.317 e. The molecule has 3 rings (SSSR count). The molecule has 3 amide bonds. The molecule has 7 heteroatoms. The number of hydrogen-bond donors (Lipinski definition) is 2. The number of carbonyl (C=O) groups is 2. The van der Waals surface area contributed by atoms with Gasteiger partial charge in [0.2, 0.25) is 5.91 Å². The van der Waals surface area contributed by atoms with Gasteiger partial charge in [0, 0.05) is 45.2 Å². The maximum atomic E-state index is 13.3. The zero-order valence-electron chi connectivity index (χ0n) is 22.5. The van der Waals surface area contributed by atoms with Crippen molar-refractivity contribution in [1.29, 1.82) is 0 Å². The van der Waals surface area contributed by atoms with Crippen molar-refractivity contribution < 1.29 is 14.3 Å². The molecule has 0 aromatic heterocycles. The van der Waals surface area contributed by atoms with Gasteiger partial charge in [0.05, 0.1) is 5.60 Å². The maximum Gasteiger partial charge on any atom is 0.317 e. The fraction of sp³-hybridized carbons (Fsp3) is 0.714. The van der Waals surface area contributed by atoms with Gasteiger partial charge in [-0.25, -0.2) is 4.79 Å². The molecular formula is C28H46N4O3. The lowest BCUT2D eigenvalue weighted by Crippen LogP contribution is -2.54. The number of hydrogen-bond acceptors (Lipinski definition) is 4. The zero-order valence-corrected chi connectivity index (χ0v) is 22.5. The van der Waals surface area contributed by atoms with Crippen LogP contribution in [0.5, 0.6) is 0 Å². The van der Waals surface area contributed by atoms with Crippen molar-refractivity contribution in [3.8, 4) is 0 Å². The van der Waals surface area contributed by atoms with Crippen molar-refractivity contribution in [1.82, 2.24) is 20.4 Å². The fourth-order valence-corrected chi connectivity index (χ4v) is 5.78. The van der Waals surface area contributed by atoms with Crippen LogP contribution < -0.4 is 10.6 Å². The number of rotatable bonds is 11. The third kappa shape index (κ3) is 6.56. The van der Waals surface area contributed by atoms with E-state index in [0.717, 1.165) is 44.9 Å². The Morgan fingerprint density at radius 1 is 1.00 bits per heavy atom. The third-order valence-electron chi connectivity index (χ3n) is 8.55. The van der Waals surface area contributed by atoms with Gasteiger partial charge in [-0.15, -0.1) is 0 Å². The van der Waals surface area contributed by atoms with Crippen LogP contribution in [0.25, 0.3) is 0 Å². The molecule has 1 aromatic rings. The van der Waals surface area contributed by atoms with Crippen molar-refractivity contribution in [3.63, 3.8) is 0 Å². The van der Waals surface area contributed by atoms with Gasteiger partial charge in [0.1, 0.15) is 0 Å². The molecule has 2 N–H and O–H groups in total. The number of nitrogens with zero attached hydrogens (tertiary/aromatic N) is 2. The molecule has 196 valence electrons. The number of urea groups is 1. The largest absolute Gasteiger partial charge is 0.376 e.